The maximum absolute atomic E-state index is 14.1. The fraction of sp³-hybridized carbons (Fsp3) is 0.400. The molecule has 0 atom stereocenters. The number of nitrogens with one attached hydrogen (secondary N) is 1. The van der Waals surface area contributed by atoms with Gasteiger partial charge >= 0.3 is 0 Å². The van der Waals surface area contributed by atoms with Crippen LogP contribution < -0.4 is 5.32 Å². The number of hydrogen-bond donors (Lipinski definition) is 1. The first-order valence-electron chi connectivity index (χ1n) is 6.42. The highest BCUT2D eigenvalue weighted by Gasteiger charge is 2.14. The third kappa shape index (κ3) is 3.41. The number of rotatable bonds is 3. The highest BCUT2D eigenvalue weighted by Crippen LogP contribution is 2.19. The normalized spacial score (nSPS) is 11.8. The molecule has 2 rings (SSSR count). The lowest BCUT2D eigenvalue weighted by molar-refractivity contribution is 0.423. The first-order chi connectivity index (χ1) is 8.87. The van der Waals surface area contributed by atoms with Gasteiger partial charge in [0.2, 0.25) is 0 Å². The number of hydrogen-bond acceptors (Lipinski definition) is 2. The van der Waals surface area contributed by atoms with E-state index >= 15 is 0 Å². The number of nitrogens with zero attached hydrogens (tertiary/aromatic N) is 2. The van der Waals surface area contributed by atoms with Gasteiger partial charge in [-0.1, -0.05) is 12.1 Å². The van der Waals surface area contributed by atoms with Crippen molar-refractivity contribution in [3.63, 3.8) is 0 Å². The van der Waals surface area contributed by atoms with E-state index in [4.69, 9.17) is 0 Å². The monoisotopic (exact) mass is 261 g/mol. The summed E-state index contributed by atoms with van der Waals surface area (Å²) in [4.78, 5) is 0. The molecule has 1 aromatic carbocycles. The molecule has 0 saturated heterocycles. The Morgan fingerprint density at radius 2 is 2.00 bits per heavy atom. The number of halogens is 1. The summed E-state index contributed by atoms with van der Waals surface area (Å²) in [5.41, 5.74) is 2.28. The van der Waals surface area contributed by atoms with E-state index in [-0.39, 0.29) is 11.4 Å². The van der Waals surface area contributed by atoms with Crippen molar-refractivity contribution >= 4 is 0 Å². The van der Waals surface area contributed by atoms with Crippen molar-refractivity contribution in [3.8, 4) is 5.69 Å². The molecule has 2 aromatic rings. The van der Waals surface area contributed by atoms with E-state index in [9.17, 15) is 4.39 Å². The Morgan fingerprint density at radius 1 is 1.26 bits per heavy atom. The van der Waals surface area contributed by atoms with Crippen LogP contribution >= 0.6 is 0 Å². The van der Waals surface area contributed by atoms with Crippen molar-refractivity contribution in [2.75, 3.05) is 0 Å². The topological polar surface area (TPSA) is 29.9 Å². The van der Waals surface area contributed by atoms with Gasteiger partial charge in [-0.15, -0.1) is 0 Å². The number of para-hydroxylation sites is 1. The summed E-state index contributed by atoms with van der Waals surface area (Å²) in [6.45, 7) is 8.76. The van der Waals surface area contributed by atoms with Gasteiger partial charge in [-0.05, 0) is 45.4 Å². The fourth-order valence-electron chi connectivity index (χ4n) is 1.86. The third-order valence-electron chi connectivity index (χ3n) is 2.83. The van der Waals surface area contributed by atoms with E-state index in [1.807, 2.05) is 19.1 Å². The second-order valence-corrected chi connectivity index (χ2v) is 5.75. The van der Waals surface area contributed by atoms with Crippen LogP contribution in [0.25, 0.3) is 5.69 Å². The largest absolute Gasteiger partial charge is 0.308 e. The summed E-state index contributed by atoms with van der Waals surface area (Å²) in [5, 5.41) is 7.67. The molecule has 0 spiro atoms. The minimum atomic E-state index is -0.253. The SMILES string of the molecule is Cc1ccn(-c2c(F)cccc2CNC(C)(C)C)n1. The predicted octanol–water partition coefficient (Wildman–Crippen LogP) is 3.21. The summed E-state index contributed by atoms with van der Waals surface area (Å²) in [7, 11) is 0. The molecule has 0 unspecified atom stereocenters. The van der Waals surface area contributed by atoms with E-state index in [0.717, 1.165) is 11.3 Å². The molecular weight excluding hydrogens is 241 g/mol. The summed E-state index contributed by atoms with van der Waals surface area (Å²) in [6, 6.07) is 6.99. The Labute approximate surface area is 113 Å². The van der Waals surface area contributed by atoms with Crippen LogP contribution in [-0.4, -0.2) is 15.3 Å². The first kappa shape index (κ1) is 13.7. The standard InChI is InChI=1S/C15H20FN3/c1-11-8-9-19(18-11)14-12(6-5-7-13(14)16)10-17-15(2,3)4/h5-9,17H,10H2,1-4H3. The lowest BCUT2D eigenvalue weighted by atomic mass is 10.1. The van der Waals surface area contributed by atoms with E-state index in [1.165, 1.54) is 6.07 Å². The quantitative estimate of drug-likeness (QED) is 0.919. The molecule has 0 aliphatic heterocycles. The van der Waals surface area contributed by atoms with Crippen molar-refractivity contribution in [1.29, 1.82) is 0 Å². The van der Waals surface area contributed by atoms with Crippen LogP contribution in [0.5, 0.6) is 0 Å². The lowest BCUT2D eigenvalue weighted by Gasteiger charge is -2.21. The molecule has 0 bridgehead atoms. The molecule has 1 N–H and O–H groups in total. The fourth-order valence-corrected chi connectivity index (χ4v) is 1.86. The Bertz CT molecular complexity index is 567. The zero-order valence-electron chi connectivity index (χ0n) is 11.9. The molecule has 3 nitrogen and oxygen atoms in total. The number of aryl methyl sites for hydroxylation is 1. The summed E-state index contributed by atoms with van der Waals surface area (Å²) in [5.74, 6) is -0.253. The number of benzene rings is 1. The third-order valence-corrected chi connectivity index (χ3v) is 2.83. The van der Waals surface area contributed by atoms with Gasteiger partial charge in [0.25, 0.3) is 0 Å². The molecule has 0 amide bonds. The van der Waals surface area contributed by atoms with Gasteiger partial charge in [0.05, 0.1) is 5.69 Å². The van der Waals surface area contributed by atoms with Crippen molar-refractivity contribution < 1.29 is 4.39 Å². The Morgan fingerprint density at radius 3 is 2.58 bits per heavy atom. The molecule has 0 radical (unpaired) electrons. The van der Waals surface area contributed by atoms with Crippen molar-refractivity contribution in [2.45, 2.75) is 39.8 Å². The van der Waals surface area contributed by atoms with Gasteiger partial charge in [-0.3, -0.25) is 0 Å². The van der Waals surface area contributed by atoms with Gasteiger partial charge in [0.1, 0.15) is 11.5 Å². The zero-order chi connectivity index (χ0) is 14.0. The summed E-state index contributed by atoms with van der Waals surface area (Å²) < 4.78 is 15.7. The van der Waals surface area contributed by atoms with Crippen molar-refractivity contribution in [1.82, 2.24) is 15.1 Å². The maximum atomic E-state index is 14.1. The van der Waals surface area contributed by atoms with Gasteiger partial charge in [-0.2, -0.15) is 5.10 Å². The van der Waals surface area contributed by atoms with Gasteiger partial charge in [0, 0.05) is 18.3 Å². The average Bonchev–Trinajstić information content (AvgIpc) is 2.72. The van der Waals surface area contributed by atoms with Gasteiger partial charge < -0.3 is 5.32 Å². The van der Waals surface area contributed by atoms with E-state index in [1.54, 1.807) is 16.9 Å². The van der Waals surface area contributed by atoms with E-state index < -0.39 is 0 Å². The Hall–Kier alpha value is -1.68. The minimum Gasteiger partial charge on any atom is -0.308 e. The van der Waals surface area contributed by atoms with Gasteiger partial charge in [-0.25, -0.2) is 9.07 Å². The van der Waals surface area contributed by atoms with E-state index in [0.29, 0.717) is 12.2 Å². The lowest BCUT2D eigenvalue weighted by Crippen LogP contribution is -2.35. The smallest absolute Gasteiger partial charge is 0.149 e. The maximum Gasteiger partial charge on any atom is 0.149 e. The molecule has 4 heteroatoms. The molecule has 0 aliphatic rings. The van der Waals surface area contributed by atoms with Crippen molar-refractivity contribution in [3.05, 3.63) is 47.5 Å². The zero-order valence-corrected chi connectivity index (χ0v) is 11.9. The predicted molar refractivity (Wildman–Crippen MR) is 74.9 cm³/mol. The van der Waals surface area contributed by atoms with Crippen LogP contribution in [0, 0.1) is 12.7 Å². The molecule has 1 heterocycles. The van der Waals surface area contributed by atoms with E-state index in [2.05, 4.69) is 31.2 Å². The van der Waals surface area contributed by atoms with Crippen LogP contribution in [0.3, 0.4) is 0 Å². The molecule has 0 saturated carbocycles. The second-order valence-electron chi connectivity index (χ2n) is 5.75. The highest BCUT2D eigenvalue weighted by atomic mass is 19.1. The Kier molecular flexibility index (Phi) is 3.71. The van der Waals surface area contributed by atoms with Crippen molar-refractivity contribution in [2.24, 2.45) is 0 Å². The molecule has 19 heavy (non-hydrogen) atoms. The summed E-state index contributed by atoms with van der Waals surface area (Å²) in [6.07, 6.45) is 1.79. The summed E-state index contributed by atoms with van der Waals surface area (Å²) >= 11 is 0. The first-order valence-corrected chi connectivity index (χ1v) is 6.42. The molecule has 1 aromatic heterocycles. The highest BCUT2D eigenvalue weighted by molar-refractivity contribution is 5.42. The Balaban J connectivity index is 2.36. The molecule has 0 aliphatic carbocycles. The van der Waals surface area contributed by atoms with Crippen LogP contribution in [0.4, 0.5) is 4.39 Å². The van der Waals surface area contributed by atoms with Crippen LogP contribution in [0.2, 0.25) is 0 Å². The molecule has 102 valence electrons. The number of aromatic nitrogens is 2. The van der Waals surface area contributed by atoms with Gasteiger partial charge in [0.15, 0.2) is 0 Å². The van der Waals surface area contributed by atoms with Crippen LogP contribution in [-0.2, 0) is 6.54 Å². The average molecular weight is 261 g/mol. The molecule has 0 fully saturated rings. The van der Waals surface area contributed by atoms with Crippen LogP contribution in [0.1, 0.15) is 32.0 Å². The second kappa shape index (κ2) is 5.13. The molecular formula is C15H20FN3. The van der Waals surface area contributed by atoms with Crippen LogP contribution in [0.15, 0.2) is 30.5 Å². The minimum absolute atomic E-state index is 0.0103.